The molecule has 2 aromatic carbocycles. The average Bonchev–Trinajstić information content (AvgIpc) is 3.39. The summed E-state index contributed by atoms with van der Waals surface area (Å²) in [5.74, 6) is -5.02. The highest BCUT2D eigenvalue weighted by molar-refractivity contribution is 5.88. The number of fused-ring (bicyclic) bond motifs is 1. The van der Waals surface area contributed by atoms with Crippen molar-refractivity contribution in [3.05, 3.63) is 82.2 Å². The number of ether oxygens (including phenoxy) is 1. The first-order valence-corrected chi connectivity index (χ1v) is 12.3. The Kier molecular flexibility index (Phi) is 10.3. The summed E-state index contributed by atoms with van der Waals surface area (Å²) in [5.41, 5.74) is -0.127. The lowest BCUT2D eigenvalue weighted by molar-refractivity contribution is -0.170. The van der Waals surface area contributed by atoms with E-state index in [9.17, 15) is 19.2 Å². The fourth-order valence-corrected chi connectivity index (χ4v) is 4.29. The molecule has 1 aliphatic heterocycles. The van der Waals surface area contributed by atoms with Gasteiger partial charge >= 0.3 is 17.9 Å². The van der Waals surface area contributed by atoms with Crippen LogP contribution in [0.3, 0.4) is 0 Å². The summed E-state index contributed by atoms with van der Waals surface area (Å²) in [4.78, 5) is 45.6. The number of aliphatic carboxylic acids is 3. The van der Waals surface area contributed by atoms with Crippen LogP contribution in [0.15, 0.2) is 70.1 Å². The van der Waals surface area contributed by atoms with Crippen LogP contribution in [0.4, 0.5) is 0 Å². The van der Waals surface area contributed by atoms with E-state index in [-0.39, 0.29) is 11.5 Å². The Balaban J connectivity index is 0.000000276. The van der Waals surface area contributed by atoms with E-state index in [0.29, 0.717) is 23.1 Å². The highest BCUT2D eigenvalue weighted by atomic mass is 16.5. The molecule has 1 fully saturated rings. The van der Waals surface area contributed by atoms with Gasteiger partial charge in [-0.2, -0.15) is 0 Å². The van der Waals surface area contributed by atoms with Gasteiger partial charge in [0, 0.05) is 31.8 Å². The van der Waals surface area contributed by atoms with E-state index in [1.165, 1.54) is 5.56 Å². The third-order valence-electron chi connectivity index (χ3n) is 6.17. The zero-order valence-corrected chi connectivity index (χ0v) is 21.2. The molecule has 0 amide bonds. The van der Waals surface area contributed by atoms with Crippen molar-refractivity contribution in [3.63, 3.8) is 0 Å². The van der Waals surface area contributed by atoms with E-state index < -0.39 is 36.4 Å². The highest BCUT2D eigenvalue weighted by Gasteiger charge is 2.40. The molecule has 0 aliphatic carbocycles. The minimum Gasteiger partial charge on any atom is -0.481 e. The van der Waals surface area contributed by atoms with Crippen LogP contribution in [0.5, 0.6) is 0 Å². The highest BCUT2D eigenvalue weighted by Crippen LogP contribution is 2.18. The third kappa shape index (κ3) is 8.74. The molecule has 1 atom stereocenters. The zero-order chi connectivity index (χ0) is 28.4. The van der Waals surface area contributed by atoms with E-state index >= 15 is 0 Å². The first-order chi connectivity index (χ1) is 18.6. The van der Waals surface area contributed by atoms with E-state index in [2.05, 4.69) is 17.0 Å². The molecule has 1 saturated heterocycles. The number of rotatable bonds is 11. The first-order valence-electron chi connectivity index (χ1n) is 12.3. The van der Waals surface area contributed by atoms with Crippen LogP contribution in [0.1, 0.15) is 36.8 Å². The van der Waals surface area contributed by atoms with Crippen LogP contribution in [0.2, 0.25) is 0 Å². The minimum atomic E-state index is -2.74. The first kappa shape index (κ1) is 29.5. The predicted octanol–water partition coefficient (Wildman–Crippen LogP) is 2.73. The second-order valence-corrected chi connectivity index (χ2v) is 9.35. The van der Waals surface area contributed by atoms with E-state index in [1.54, 1.807) is 6.26 Å². The average molecular weight is 542 g/mol. The smallest absolute Gasteiger partial charge is 0.336 e. The van der Waals surface area contributed by atoms with Crippen LogP contribution >= 0.6 is 0 Å². The van der Waals surface area contributed by atoms with Crippen LogP contribution in [-0.4, -0.2) is 68.1 Å². The van der Waals surface area contributed by atoms with Gasteiger partial charge < -0.3 is 29.6 Å². The third-order valence-corrected chi connectivity index (χ3v) is 6.17. The maximum Gasteiger partial charge on any atom is 0.336 e. The predicted molar refractivity (Wildman–Crippen MR) is 139 cm³/mol. The Morgan fingerprint density at radius 3 is 2.15 bits per heavy atom. The van der Waals surface area contributed by atoms with Gasteiger partial charge in [-0.1, -0.05) is 42.5 Å². The lowest BCUT2D eigenvalue weighted by Crippen LogP contribution is -2.42. The van der Waals surface area contributed by atoms with Crippen molar-refractivity contribution in [1.29, 1.82) is 0 Å². The van der Waals surface area contributed by atoms with Gasteiger partial charge in [0.2, 0.25) is 0 Å². The molecule has 1 aliphatic rings. The Morgan fingerprint density at radius 1 is 0.923 bits per heavy atom. The fourth-order valence-electron chi connectivity index (χ4n) is 4.29. The maximum absolute atomic E-state index is 12.8. The molecule has 0 bridgehead atoms. The molecule has 4 rings (SSSR count). The monoisotopic (exact) mass is 541 g/mol. The number of hydrogen-bond acceptors (Lipinski definition) is 8. The van der Waals surface area contributed by atoms with Crippen molar-refractivity contribution in [3.8, 4) is 0 Å². The quantitative estimate of drug-likeness (QED) is 0.281. The summed E-state index contributed by atoms with van der Waals surface area (Å²) in [5, 5.41) is 34.5. The van der Waals surface area contributed by atoms with Crippen LogP contribution < -0.4 is 5.43 Å². The molecule has 3 aromatic rings. The van der Waals surface area contributed by atoms with Crippen molar-refractivity contribution >= 4 is 28.9 Å². The van der Waals surface area contributed by atoms with Gasteiger partial charge in [-0.3, -0.25) is 19.3 Å². The number of carboxylic acid groups (broad SMARTS) is 3. The summed E-state index contributed by atoms with van der Waals surface area (Å²) < 4.78 is 11.5. The molecular formula is C28H31NO10. The van der Waals surface area contributed by atoms with Crippen molar-refractivity contribution in [2.45, 2.75) is 50.5 Å². The summed E-state index contributed by atoms with van der Waals surface area (Å²) in [6.45, 7) is 3.00. The van der Waals surface area contributed by atoms with Crippen molar-refractivity contribution < 1.29 is 44.0 Å². The molecule has 2 heterocycles. The van der Waals surface area contributed by atoms with Gasteiger partial charge in [-0.15, -0.1) is 0 Å². The summed E-state index contributed by atoms with van der Waals surface area (Å²) in [6, 6.07) is 17.7. The van der Waals surface area contributed by atoms with Gasteiger partial charge in [0.05, 0.1) is 30.6 Å². The molecule has 208 valence electrons. The van der Waals surface area contributed by atoms with Gasteiger partial charge in [0.15, 0.2) is 11.0 Å². The molecule has 39 heavy (non-hydrogen) atoms. The Hall–Kier alpha value is -4.06. The van der Waals surface area contributed by atoms with E-state index in [4.69, 9.17) is 29.6 Å². The topological polar surface area (TPSA) is 175 Å². The van der Waals surface area contributed by atoms with Crippen LogP contribution in [-0.2, 0) is 32.2 Å². The molecule has 1 unspecified atom stereocenters. The lowest BCUT2D eigenvalue weighted by Gasteiger charge is -2.25. The molecule has 1 aromatic heterocycles. The van der Waals surface area contributed by atoms with Crippen LogP contribution in [0, 0.1) is 0 Å². The van der Waals surface area contributed by atoms with Crippen molar-refractivity contribution in [2.24, 2.45) is 0 Å². The summed E-state index contributed by atoms with van der Waals surface area (Å²) in [6.07, 6.45) is 1.76. The number of para-hydroxylation sites is 1. The number of aliphatic hydroxyl groups is 1. The van der Waals surface area contributed by atoms with E-state index in [0.717, 1.165) is 32.5 Å². The zero-order valence-electron chi connectivity index (χ0n) is 21.2. The number of benzene rings is 2. The molecule has 0 spiro atoms. The van der Waals surface area contributed by atoms with Gasteiger partial charge in [0.25, 0.3) is 0 Å². The Labute approximate surface area is 223 Å². The number of carbonyl (C=O) groups is 3. The summed E-state index contributed by atoms with van der Waals surface area (Å²) in [7, 11) is 0. The second kappa shape index (κ2) is 13.7. The second-order valence-electron chi connectivity index (χ2n) is 9.35. The lowest BCUT2D eigenvalue weighted by atomic mass is 9.96. The van der Waals surface area contributed by atoms with E-state index in [1.807, 2.05) is 42.5 Å². The normalized spacial score (nSPS) is 15.1. The maximum atomic E-state index is 12.8. The Bertz CT molecular complexity index is 1310. The number of hydrogen-bond donors (Lipinski definition) is 4. The molecule has 11 heteroatoms. The van der Waals surface area contributed by atoms with Crippen molar-refractivity contribution in [2.75, 3.05) is 13.2 Å². The van der Waals surface area contributed by atoms with Gasteiger partial charge in [0.1, 0.15) is 5.58 Å². The number of carboxylic acids is 3. The van der Waals surface area contributed by atoms with Crippen molar-refractivity contribution in [1.82, 2.24) is 4.90 Å². The number of nitrogens with zero attached hydrogens (tertiary/aromatic N) is 1. The summed E-state index contributed by atoms with van der Waals surface area (Å²) >= 11 is 0. The van der Waals surface area contributed by atoms with Gasteiger partial charge in [-0.05, 0) is 30.5 Å². The Morgan fingerprint density at radius 2 is 1.56 bits per heavy atom. The molecular weight excluding hydrogens is 510 g/mol. The molecule has 0 saturated carbocycles. The van der Waals surface area contributed by atoms with Gasteiger partial charge in [-0.25, -0.2) is 4.79 Å². The standard InChI is InChI=1S/C22H23NO3.C6H8O7/c24-22-18(16-26-21-11-5-4-10-20(21)22)14-23(15-19-9-6-12-25-19)13-17-7-2-1-3-8-17;7-3(8)1-6(13,5(11)12)2-4(9)10/h1-5,7-8,10-11,16,19H,6,9,12-15H2;13H,1-2H2,(H,7,8)(H,9,10)(H,11,12). The van der Waals surface area contributed by atoms with Crippen LogP contribution in [0.25, 0.3) is 11.0 Å². The minimum absolute atomic E-state index is 0.0530. The SMILES string of the molecule is O=C(O)CC(O)(CC(=O)O)C(=O)O.O=c1c(CN(Cc2ccccc2)CC2CCCO2)coc2ccccc12. The molecule has 4 N–H and O–H groups in total. The molecule has 0 radical (unpaired) electrons. The molecule has 11 nitrogen and oxygen atoms in total. The largest absolute Gasteiger partial charge is 0.481 e. The fraction of sp³-hybridized carbons (Fsp3) is 0.357.